The predicted molar refractivity (Wildman–Crippen MR) is 104 cm³/mol. The molecular weight excluding hydrogens is 341 g/mol. The van der Waals surface area contributed by atoms with E-state index in [1.807, 2.05) is 18.2 Å². The van der Waals surface area contributed by atoms with Crippen molar-refractivity contribution in [2.24, 2.45) is 0 Å². The maximum Gasteiger partial charge on any atom is 0.161 e. The van der Waals surface area contributed by atoms with Crippen LogP contribution in [0.1, 0.15) is 22.3 Å². The van der Waals surface area contributed by atoms with E-state index in [9.17, 15) is 4.39 Å². The van der Waals surface area contributed by atoms with Crippen molar-refractivity contribution in [2.45, 2.75) is 26.6 Å². The Morgan fingerprint density at radius 3 is 2.11 bits per heavy atom. The number of rotatable bonds is 8. The molecule has 140 valence electrons. The SMILES string of the molecule is COc1cc(C[NH2+]Cc2ccc(C)cc2)ccc1OCc1ccc(F)cc1. The summed E-state index contributed by atoms with van der Waals surface area (Å²) in [4.78, 5) is 0. The van der Waals surface area contributed by atoms with Crippen LogP contribution in [-0.2, 0) is 19.7 Å². The first-order valence-corrected chi connectivity index (χ1v) is 9.05. The van der Waals surface area contributed by atoms with Crippen LogP contribution in [-0.4, -0.2) is 7.11 Å². The van der Waals surface area contributed by atoms with Crippen molar-refractivity contribution in [3.63, 3.8) is 0 Å². The van der Waals surface area contributed by atoms with Crippen LogP contribution in [0.15, 0.2) is 66.7 Å². The highest BCUT2D eigenvalue weighted by molar-refractivity contribution is 5.43. The Morgan fingerprint density at radius 1 is 0.778 bits per heavy atom. The first kappa shape index (κ1) is 18.9. The molecule has 0 aromatic heterocycles. The monoisotopic (exact) mass is 366 g/mol. The zero-order valence-electron chi connectivity index (χ0n) is 15.7. The van der Waals surface area contributed by atoms with Crippen molar-refractivity contribution in [3.8, 4) is 11.5 Å². The molecule has 0 aliphatic heterocycles. The average Bonchev–Trinajstić information content (AvgIpc) is 2.69. The van der Waals surface area contributed by atoms with Crippen LogP contribution in [0, 0.1) is 12.7 Å². The lowest BCUT2D eigenvalue weighted by atomic mass is 10.1. The average molecular weight is 366 g/mol. The molecule has 0 fully saturated rings. The standard InChI is InChI=1S/C23H24FNO2/c1-17-3-5-18(6-4-17)14-25-15-20-9-12-22(23(13-20)26-2)27-16-19-7-10-21(24)11-8-19/h3-13,25H,14-16H2,1-2H3/p+1. The van der Waals surface area contributed by atoms with Crippen molar-refractivity contribution in [1.82, 2.24) is 0 Å². The minimum absolute atomic E-state index is 0.248. The molecule has 3 aromatic carbocycles. The Kier molecular flexibility index (Phi) is 6.44. The van der Waals surface area contributed by atoms with Gasteiger partial charge < -0.3 is 14.8 Å². The second-order valence-electron chi connectivity index (χ2n) is 6.58. The molecule has 3 rings (SSSR count). The molecule has 0 saturated heterocycles. The molecule has 0 heterocycles. The second kappa shape index (κ2) is 9.19. The van der Waals surface area contributed by atoms with Gasteiger partial charge in [-0.3, -0.25) is 0 Å². The topological polar surface area (TPSA) is 35.1 Å². The van der Waals surface area contributed by atoms with Gasteiger partial charge in [0.15, 0.2) is 11.5 Å². The normalized spacial score (nSPS) is 10.6. The minimum Gasteiger partial charge on any atom is -0.493 e. The molecule has 0 atom stereocenters. The Bertz CT molecular complexity index is 861. The molecule has 0 spiro atoms. The third-order valence-electron chi connectivity index (χ3n) is 4.42. The van der Waals surface area contributed by atoms with E-state index in [2.05, 4.69) is 36.5 Å². The number of nitrogens with two attached hydrogens (primary N) is 1. The third-order valence-corrected chi connectivity index (χ3v) is 4.42. The quantitative estimate of drug-likeness (QED) is 0.654. The summed E-state index contributed by atoms with van der Waals surface area (Å²) in [5.74, 6) is 1.14. The molecule has 0 bridgehead atoms. The molecule has 0 aliphatic carbocycles. The van der Waals surface area contributed by atoms with E-state index < -0.39 is 0 Å². The molecule has 0 radical (unpaired) electrons. The Balaban J connectivity index is 1.56. The summed E-state index contributed by atoms with van der Waals surface area (Å²) in [6.07, 6.45) is 0. The van der Waals surface area contributed by atoms with E-state index in [1.54, 1.807) is 19.2 Å². The number of ether oxygens (including phenoxy) is 2. The van der Waals surface area contributed by atoms with Gasteiger partial charge in [-0.1, -0.05) is 42.0 Å². The Morgan fingerprint density at radius 2 is 1.41 bits per heavy atom. The molecule has 0 saturated carbocycles. The summed E-state index contributed by atoms with van der Waals surface area (Å²) < 4.78 is 24.3. The van der Waals surface area contributed by atoms with Crippen LogP contribution in [0.4, 0.5) is 4.39 Å². The number of hydrogen-bond acceptors (Lipinski definition) is 2. The van der Waals surface area contributed by atoms with E-state index in [-0.39, 0.29) is 5.82 Å². The molecule has 0 amide bonds. The lowest BCUT2D eigenvalue weighted by Crippen LogP contribution is -2.80. The van der Waals surface area contributed by atoms with E-state index in [0.717, 1.165) is 18.7 Å². The smallest absolute Gasteiger partial charge is 0.161 e. The summed E-state index contributed by atoms with van der Waals surface area (Å²) in [5, 5.41) is 2.26. The fourth-order valence-electron chi connectivity index (χ4n) is 2.83. The van der Waals surface area contributed by atoms with E-state index in [0.29, 0.717) is 18.1 Å². The van der Waals surface area contributed by atoms with Crippen LogP contribution < -0.4 is 14.8 Å². The van der Waals surface area contributed by atoms with Gasteiger partial charge >= 0.3 is 0 Å². The Hall–Kier alpha value is -2.85. The van der Waals surface area contributed by atoms with Gasteiger partial charge in [0.2, 0.25) is 0 Å². The van der Waals surface area contributed by atoms with Gasteiger partial charge in [0, 0.05) is 11.1 Å². The highest BCUT2D eigenvalue weighted by Gasteiger charge is 2.08. The van der Waals surface area contributed by atoms with Crippen molar-refractivity contribution < 1.29 is 19.2 Å². The molecule has 3 aromatic rings. The summed E-state index contributed by atoms with van der Waals surface area (Å²) in [7, 11) is 1.64. The molecule has 0 aliphatic rings. The first-order valence-electron chi connectivity index (χ1n) is 9.05. The fraction of sp³-hybridized carbons (Fsp3) is 0.217. The maximum absolute atomic E-state index is 13.0. The lowest BCUT2D eigenvalue weighted by molar-refractivity contribution is -0.686. The van der Waals surface area contributed by atoms with Gasteiger partial charge in [-0.2, -0.15) is 0 Å². The van der Waals surface area contributed by atoms with Gasteiger partial charge in [-0.25, -0.2) is 4.39 Å². The molecule has 4 heteroatoms. The molecule has 2 N–H and O–H groups in total. The highest BCUT2D eigenvalue weighted by Crippen LogP contribution is 2.28. The first-order chi connectivity index (χ1) is 13.1. The second-order valence-corrected chi connectivity index (χ2v) is 6.58. The van der Waals surface area contributed by atoms with Crippen LogP contribution in [0.25, 0.3) is 0 Å². The van der Waals surface area contributed by atoms with Crippen LogP contribution >= 0.6 is 0 Å². The summed E-state index contributed by atoms with van der Waals surface area (Å²) >= 11 is 0. The highest BCUT2D eigenvalue weighted by atomic mass is 19.1. The van der Waals surface area contributed by atoms with Crippen LogP contribution in [0.3, 0.4) is 0 Å². The van der Waals surface area contributed by atoms with E-state index in [4.69, 9.17) is 9.47 Å². The zero-order chi connectivity index (χ0) is 19.1. The number of hydrogen-bond donors (Lipinski definition) is 1. The predicted octanol–water partition coefficient (Wildman–Crippen LogP) is 3.99. The minimum atomic E-state index is -0.248. The number of aryl methyl sites for hydroxylation is 1. The van der Waals surface area contributed by atoms with E-state index in [1.165, 1.54) is 28.8 Å². The van der Waals surface area contributed by atoms with Crippen molar-refractivity contribution >= 4 is 0 Å². The van der Waals surface area contributed by atoms with Crippen molar-refractivity contribution in [3.05, 3.63) is 94.8 Å². The van der Waals surface area contributed by atoms with Crippen molar-refractivity contribution in [2.75, 3.05) is 7.11 Å². The number of methoxy groups -OCH3 is 1. The summed E-state index contributed by atoms with van der Waals surface area (Å²) in [5.41, 5.74) is 4.67. The van der Waals surface area contributed by atoms with Gasteiger partial charge in [-0.05, 0) is 42.8 Å². The van der Waals surface area contributed by atoms with Gasteiger partial charge in [0.25, 0.3) is 0 Å². The van der Waals surface area contributed by atoms with E-state index >= 15 is 0 Å². The number of benzene rings is 3. The Labute approximate surface area is 159 Å². The van der Waals surface area contributed by atoms with Crippen molar-refractivity contribution in [1.29, 1.82) is 0 Å². The largest absolute Gasteiger partial charge is 0.493 e. The van der Waals surface area contributed by atoms with Gasteiger partial charge in [0.1, 0.15) is 25.5 Å². The van der Waals surface area contributed by atoms with Crippen LogP contribution in [0.5, 0.6) is 11.5 Å². The fourth-order valence-corrected chi connectivity index (χ4v) is 2.83. The third kappa shape index (κ3) is 5.56. The number of quaternary nitrogens is 1. The lowest BCUT2D eigenvalue weighted by Gasteiger charge is -2.12. The summed E-state index contributed by atoms with van der Waals surface area (Å²) in [6, 6.07) is 20.9. The molecule has 0 unspecified atom stereocenters. The maximum atomic E-state index is 13.0. The summed E-state index contributed by atoms with van der Waals surface area (Å²) in [6.45, 7) is 4.27. The molecular formula is C23H25FNO2+. The number of halogens is 1. The molecule has 27 heavy (non-hydrogen) atoms. The van der Waals surface area contributed by atoms with Gasteiger partial charge in [0.05, 0.1) is 7.11 Å². The zero-order valence-corrected chi connectivity index (χ0v) is 15.7. The van der Waals surface area contributed by atoms with Crippen LogP contribution in [0.2, 0.25) is 0 Å². The van der Waals surface area contributed by atoms with Gasteiger partial charge in [-0.15, -0.1) is 0 Å². The molecule has 3 nitrogen and oxygen atoms in total.